The molecule has 1 rings (SSSR count). The van der Waals surface area contributed by atoms with Gasteiger partial charge in [-0.15, -0.1) is 10.2 Å². The zero-order valence-corrected chi connectivity index (χ0v) is 10.0. The summed E-state index contributed by atoms with van der Waals surface area (Å²) in [7, 11) is 1.38. The molecule has 7 heteroatoms. The van der Waals surface area contributed by atoms with Crippen LogP contribution >= 0.6 is 39.0 Å². The number of halogens is 1. The van der Waals surface area contributed by atoms with Crippen molar-refractivity contribution >= 4 is 45.0 Å². The van der Waals surface area contributed by atoms with E-state index in [9.17, 15) is 4.79 Å². The Balaban J connectivity index is 2.24. The molecule has 0 atom stereocenters. The van der Waals surface area contributed by atoms with Crippen molar-refractivity contribution in [2.45, 2.75) is 10.8 Å². The molecular formula is C6H7BrN2O2S2. The van der Waals surface area contributed by atoms with Gasteiger partial charge in [-0.2, -0.15) is 0 Å². The third-order valence-corrected chi connectivity index (χ3v) is 3.63. The van der Waals surface area contributed by atoms with Crippen LogP contribution < -0.4 is 0 Å². The van der Waals surface area contributed by atoms with Crippen LogP contribution in [0.2, 0.25) is 0 Å². The molecule has 0 aliphatic heterocycles. The second kappa shape index (κ2) is 5.56. The third-order valence-electron chi connectivity index (χ3n) is 1.14. The first-order valence-corrected chi connectivity index (χ1v) is 6.00. The van der Waals surface area contributed by atoms with Crippen molar-refractivity contribution in [3.05, 3.63) is 3.92 Å². The van der Waals surface area contributed by atoms with Gasteiger partial charge in [0.15, 0.2) is 8.26 Å². The molecule has 0 aromatic carbocycles. The van der Waals surface area contributed by atoms with E-state index in [2.05, 4.69) is 30.9 Å². The van der Waals surface area contributed by atoms with E-state index in [4.69, 9.17) is 0 Å². The fourth-order valence-corrected chi connectivity index (χ4v) is 3.01. The normalized spacial score (nSPS) is 10.0. The number of carbonyl (C=O) groups is 1. The predicted octanol–water partition coefficient (Wildman–Crippen LogP) is 1.96. The fourth-order valence-electron chi connectivity index (χ4n) is 0.575. The zero-order valence-electron chi connectivity index (χ0n) is 6.82. The number of hydrogen-bond donors (Lipinski definition) is 0. The third kappa shape index (κ3) is 4.06. The Hall–Kier alpha value is -0.140. The highest BCUT2D eigenvalue weighted by atomic mass is 79.9. The number of methoxy groups -OCH3 is 1. The van der Waals surface area contributed by atoms with E-state index in [0.29, 0.717) is 12.2 Å². The van der Waals surface area contributed by atoms with Gasteiger partial charge in [0, 0.05) is 5.75 Å². The van der Waals surface area contributed by atoms with Gasteiger partial charge in [-0.1, -0.05) is 23.1 Å². The number of aromatic nitrogens is 2. The van der Waals surface area contributed by atoms with Crippen LogP contribution in [0.5, 0.6) is 0 Å². The first kappa shape index (κ1) is 10.9. The van der Waals surface area contributed by atoms with Crippen LogP contribution in [0.15, 0.2) is 8.26 Å². The predicted molar refractivity (Wildman–Crippen MR) is 55.0 cm³/mol. The highest BCUT2D eigenvalue weighted by molar-refractivity contribution is 9.11. The maximum Gasteiger partial charge on any atom is 0.306 e. The summed E-state index contributed by atoms with van der Waals surface area (Å²) in [5.74, 6) is 0.477. The van der Waals surface area contributed by atoms with Crippen LogP contribution in [0.1, 0.15) is 6.42 Å². The summed E-state index contributed by atoms with van der Waals surface area (Å²) in [5, 5.41) is 7.65. The number of ether oxygens (including phenoxy) is 1. The molecule has 1 aromatic rings. The molecule has 0 N–H and O–H groups in total. The minimum Gasteiger partial charge on any atom is -0.469 e. The zero-order chi connectivity index (χ0) is 9.68. The Morgan fingerprint density at radius 1 is 1.69 bits per heavy atom. The van der Waals surface area contributed by atoms with Gasteiger partial charge in [-0.05, 0) is 15.9 Å². The number of esters is 1. The summed E-state index contributed by atoms with van der Waals surface area (Å²) in [6.45, 7) is 0. The summed E-state index contributed by atoms with van der Waals surface area (Å²) < 4.78 is 6.11. The molecule has 1 aromatic heterocycles. The summed E-state index contributed by atoms with van der Waals surface area (Å²) >= 11 is 6.16. The Bertz CT molecular complexity index is 292. The van der Waals surface area contributed by atoms with Crippen LogP contribution in [-0.2, 0) is 9.53 Å². The van der Waals surface area contributed by atoms with E-state index >= 15 is 0 Å². The van der Waals surface area contributed by atoms with Gasteiger partial charge in [0.05, 0.1) is 13.5 Å². The van der Waals surface area contributed by atoms with Gasteiger partial charge in [0.2, 0.25) is 0 Å². The molecule has 0 aliphatic rings. The molecule has 4 nitrogen and oxygen atoms in total. The average Bonchev–Trinajstić information content (AvgIpc) is 2.51. The first-order valence-electron chi connectivity index (χ1n) is 3.41. The Morgan fingerprint density at radius 2 is 2.46 bits per heavy atom. The molecule has 1 heterocycles. The molecule has 0 spiro atoms. The second-order valence-corrected chi connectivity index (χ2v) is 5.59. The van der Waals surface area contributed by atoms with Gasteiger partial charge in [-0.25, -0.2) is 0 Å². The molecule has 72 valence electrons. The van der Waals surface area contributed by atoms with Crippen LogP contribution in [0.4, 0.5) is 0 Å². The molecule has 0 unspecified atom stereocenters. The lowest BCUT2D eigenvalue weighted by Gasteiger charge is -1.95. The lowest BCUT2D eigenvalue weighted by molar-refractivity contribution is -0.140. The van der Waals surface area contributed by atoms with Crippen molar-refractivity contribution in [1.82, 2.24) is 10.2 Å². The second-order valence-electron chi connectivity index (χ2n) is 2.00. The van der Waals surface area contributed by atoms with E-state index < -0.39 is 0 Å². The summed E-state index contributed by atoms with van der Waals surface area (Å²) in [6, 6.07) is 0. The molecule has 0 bridgehead atoms. The SMILES string of the molecule is COC(=O)CCSc1nnc(Br)s1. The molecule has 0 aliphatic carbocycles. The van der Waals surface area contributed by atoms with Crippen LogP contribution in [0.3, 0.4) is 0 Å². The van der Waals surface area contributed by atoms with Crippen molar-refractivity contribution in [3.63, 3.8) is 0 Å². The summed E-state index contributed by atoms with van der Waals surface area (Å²) in [4.78, 5) is 10.7. The van der Waals surface area contributed by atoms with Gasteiger partial charge >= 0.3 is 5.97 Å². The standard InChI is InChI=1S/C6H7BrN2O2S2/c1-11-4(10)2-3-12-6-9-8-5(7)13-6/h2-3H2,1H3. The van der Waals surface area contributed by atoms with Gasteiger partial charge in [-0.3, -0.25) is 4.79 Å². The average molecular weight is 283 g/mol. The number of nitrogens with zero attached hydrogens (tertiary/aromatic N) is 2. The quantitative estimate of drug-likeness (QED) is 0.624. The van der Waals surface area contributed by atoms with E-state index in [1.165, 1.54) is 30.2 Å². The molecular weight excluding hydrogens is 276 g/mol. The van der Waals surface area contributed by atoms with E-state index in [-0.39, 0.29) is 5.97 Å². The van der Waals surface area contributed by atoms with Crippen molar-refractivity contribution in [2.24, 2.45) is 0 Å². The van der Waals surface area contributed by atoms with Gasteiger partial charge in [0.25, 0.3) is 0 Å². The maximum absolute atomic E-state index is 10.7. The Kier molecular flexibility index (Phi) is 4.68. The molecule has 0 saturated carbocycles. The van der Waals surface area contributed by atoms with Gasteiger partial charge < -0.3 is 4.74 Å². The van der Waals surface area contributed by atoms with Crippen LogP contribution in [0, 0.1) is 0 Å². The highest BCUT2D eigenvalue weighted by Gasteiger charge is 2.04. The smallest absolute Gasteiger partial charge is 0.306 e. The monoisotopic (exact) mass is 282 g/mol. The van der Waals surface area contributed by atoms with Crippen LogP contribution in [0.25, 0.3) is 0 Å². The number of hydrogen-bond acceptors (Lipinski definition) is 6. The lowest BCUT2D eigenvalue weighted by atomic mass is 10.5. The van der Waals surface area contributed by atoms with E-state index in [0.717, 1.165) is 8.26 Å². The van der Waals surface area contributed by atoms with Crippen molar-refractivity contribution in [2.75, 3.05) is 12.9 Å². The van der Waals surface area contributed by atoms with Crippen molar-refractivity contribution in [1.29, 1.82) is 0 Å². The molecule has 0 radical (unpaired) electrons. The largest absolute Gasteiger partial charge is 0.469 e. The molecule has 0 amide bonds. The lowest BCUT2D eigenvalue weighted by Crippen LogP contribution is -2.00. The fraction of sp³-hybridized carbons (Fsp3) is 0.500. The first-order chi connectivity index (χ1) is 6.22. The highest BCUT2D eigenvalue weighted by Crippen LogP contribution is 2.25. The molecule has 13 heavy (non-hydrogen) atoms. The topological polar surface area (TPSA) is 52.1 Å². The van der Waals surface area contributed by atoms with Crippen LogP contribution in [-0.4, -0.2) is 29.0 Å². The molecule has 0 saturated heterocycles. The van der Waals surface area contributed by atoms with Crippen molar-refractivity contribution in [3.8, 4) is 0 Å². The number of thioether (sulfide) groups is 1. The minimum absolute atomic E-state index is 0.198. The van der Waals surface area contributed by atoms with Crippen molar-refractivity contribution < 1.29 is 9.53 Å². The van der Waals surface area contributed by atoms with E-state index in [1.54, 1.807) is 0 Å². The number of rotatable bonds is 4. The van der Waals surface area contributed by atoms with Gasteiger partial charge in [0.1, 0.15) is 0 Å². The van der Waals surface area contributed by atoms with E-state index in [1.807, 2.05) is 0 Å². The molecule has 0 fully saturated rings. The minimum atomic E-state index is -0.198. The maximum atomic E-state index is 10.7. The Morgan fingerprint density at radius 3 is 3.00 bits per heavy atom. The Labute approximate surface area is 92.2 Å². The number of carbonyl (C=O) groups excluding carboxylic acids is 1. The summed E-state index contributed by atoms with van der Waals surface area (Å²) in [6.07, 6.45) is 0.401. The summed E-state index contributed by atoms with van der Waals surface area (Å²) in [5.41, 5.74) is 0.